The Morgan fingerprint density at radius 3 is 3.05 bits per heavy atom. The van der Waals surface area contributed by atoms with Crippen molar-refractivity contribution < 1.29 is 9.32 Å². The number of rotatable bonds is 5. The fraction of sp³-hybridized carbons (Fsp3) is 0.250. The van der Waals surface area contributed by atoms with Gasteiger partial charge in [-0.15, -0.1) is 0 Å². The van der Waals surface area contributed by atoms with Crippen molar-refractivity contribution in [1.82, 2.24) is 10.1 Å². The van der Waals surface area contributed by atoms with Crippen molar-refractivity contribution >= 4 is 22.6 Å². The first-order valence-electron chi connectivity index (χ1n) is 7.00. The van der Waals surface area contributed by atoms with E-state index in [0.29, 0.717) is 18.0 Å². The van der Waals surface area contributed by atoms with Crippen LogP contribution in [-0.4, -0.2) is 16.0 Å². The van der Waals surface area contributed by atoms with Crippen LogP contribution < -0.4 is 5.32 Å². The highest BCUT2D eigenvalue weighted by Crippen LogP contribution is 2.19. The Bertz CT molecular complexity index is 758. The van der Waals surface area contributed by atoms with Gasteiger partial charge in [0.05, 0.1) is 0 Å². The molecule has 3 aromatic rings. The van der Waals surface area contributed by atoms with Crippen LogP contribution in [0.4, 0.5) is 5.82 Å². The van der Waals surface area contributed by atoms with Gasteiger partial charge >= 0.3 is 0 Å². The lowest BCUT2D eigenvalue weighted by Crippen LogP contribution is -2.11. The number of H-pyrrole nitrogens is 1. The predicted octanol–water partition coefficient (Wildman–Crippen LogP) is 3.43. The molecule has 1 amide bonds. The number of hydrogen-bond acceptors (Lipinski definition) is 3. The zero-order valence-electron chi connectivity index (χ0n) is 11.8. The molecule has 0 saturated heterocycles. The highest BCUT2D eigenvalue weighted by atomic mass is 16.5. The minimum atomic E-state index is -0.0388. The highest BCUT2D eigenvalue weighted by Gasteiger charge is 2.07. The minimum absolute atomic E-state index is 0.0388. The van der Waals surface area contributed by atoms with Crippen LogP contribution in [0.5, 0.6) is 0 Å². The Labute approximate surface area is 122 Å². The molecule has 0 aliphatic carbocycles. The first kappa shape index (κ1) is 13.4. The van der Waals surface area contributed by atoms with E-state index in [1.54, 1.807) is 13.0 Å². The summed E-state index contributed by atoms with van der Waals surface area (Å²) in [5.74, 6) is 1.12. The van der Waals surface area contributed by atoms with Crippen molar-refractivity contribution in [3.63, 3.8) is 0 Å². The molecule has 5 nitrogen and oxygen atoms in total. The number of aromatic nitrogens is 2. The van der Waals surface area contributed by atoms with Crippen LogP contribution in [0.1, 0.15) is 24.2 Å². The Balaban J connectivity index is 1.53. The summed E-state index contributed by atoms with van der Waals surface area (Å²) >= 11 is 0. The highest BCUT2D eigenvalue weighted by molar-refractivity contribution is 5.89. The molecule has 0 saturated carbocycles. The summed E-state index contributed by atoms with van der Waals surface area (Å²) in [7, 11) is 0. The molecule has 5 heteroatoms. The SMILES string of the molecule is Cc1cc(NC(=O)CCCc2c[nH]c3ccccc23)no1. The lowest BCUT2D eigenvalue weighted by molar-refractivity contribution is -0.116. The lowest BCUT2D eigenvalue weighted by atomic mass is 10.1. The van der Waals surface area contributed by atoms with Gasteiger partial charge in [-0.3, -0.25) is 4.79 Å². The molecule has 0 spiro atoms. The average Bonchev–Trinajstić information content (AvgIpc) is 3.06. The number of para-hydroxylation sites is 1. The number of carbonyl (C=O) groups excluding carboxylic acids is 1. The number of nitrogens with one attached hydrogen (secondary N) is 2. The maximum atomic E-state index is 11.8. The van der Waals surface area contributed by atoms with E-state index in [9.17, 15) is 4.79 Å². The van der Waals surface area contributed by atoms with Gasteiger partial charge < -0.3 is 14.8 Å². The number of fused-ring (bicyclic) bond motifs is 1. The van der Waals surface area contributed by atoms with Crippen molar-refractivity contribution in [1.29, 1.82) is 0 Å². The molecule has 0 aliphatic rings. The summed E-state index contributed by atoms with van der Waals surface area (Å²) in [6.45, 7) is 1.79. The molecule has 2 heterocycles. The normalized spacial score (nSPS) is 10.9. The fourth-order valence-electron chi connectivity index (χ4n) is 2.41. The third kappa shape index (κ3) is 3.13. The van der Waals surface area contributed by atoms with Crippen LogP contribution >= 0.6 is 0 Å². The summed E-state index contributed by atoms with van der Waals surface area (Å²) in [5, 5.41) is 7.70. The second-order valence-corrected chi connectivity index (χ2v) is 5.08. The van der Waals surface area contributed by atoms with Gasteiger partial charge in [0.15, 0.2) is 5.82 Å². The van der Waals surface area contributed by atoms with E-state index in [-0.39, 0.29) is 5.91 Å². The zero-order valence-corrected chi connectivity index (χ0v) is 11.8. The average molecular weight is 283 g/mol. The molecular weight excluding hydrogens is 266 g/mol. The Morgan fingerprint density at radius 1 is 1.38 bits per heavy atom. The van der Waals surface area contributed by atoms with Crippen LogP contribution in [0.2, 0.25) is 0 Å². The first-order chi connectivity index (χ1) is 10.2. The summed E-state index contributed by atoms with van der Waals surface area (Å²) in [5.41, 5.74) is 2.38. The number of anilines is 1. The summed E-state index contributed by atoms with van der Waals surface area (Å²) < 4.78 is 4.91. The van der Waals surface area contributed by atoms with Crippen molar-refractivity contribution in [2.45, 2.75) is 26.2 Å². The second kappa shape index (κ2) is 5.83. The smallest absolute Gasteiger partial charge is 0.225 e. The van der Waals surface area contributed by atoms with Gasteiger partial charge in [-0.05, 0) is 31.4 Å². The molecular formula is C16H17N3O2. The lowest BCUT2D eigenvalue weighted by Gasteiger charge is -2.01. The van der Waals surface area contributed by atoms with E-state index in [1.807, 2.05) is 18.3 Å². The van der Waals surface area contributed by atoms with Crippen molar-refractivity contribution in [2.24, 2.45) is 0 Å². The van der Waals surface area contributed by atoms with Gasteiger partial charge in [0.2, 0.25) is 5.91 Å². The molecule has 108 valence electrons. The van der Waals surface area contributed by atoms with Crippen LogP contribution in [0.25, 0.3) is 10.9 Å². The van der Waals surface area contributed by atoms with Gasteiger partial charge in [0, 0.05) is 29.6 Å². The largest absolute Gasteiger partial charge is 0.361 e. The van der Waals surface area contributed by atoms with Gasteiger partial charge in [-0.1, -0.05) is 23.4 Å². The first-order valence-corrected chi connectivity index (χ1v) is 7.00. The number of hydrogen-bond donors (Lipinski definition) is 2. The molecule has 21 heavy (non-hydrogen) atoms. The number of carbonyl (C=O) groups is 1. The molecule has 0 radical (unpaired) electrons. The van der Waals surface area contributed by atoms with Crippen LogP contribution in [0, 0.1) is 6.92 Å². The van der Waals surface area contributed by atoms with Crippen LogP contribution in [0.15, 0.2) is 41.1 Å². The predicted molar refractivity (Wildman–Crippen MR) is 81.1 cm³/mol. The topological polar surface area (TPSA) is 70.9 Å². The number of amides is 1. The quantitative estimate of drug-likeness (QED) is 0.753. The number of benzene rings is 1. The van der Waals surface area contributed by atoms with Crippen molar-refractivity contribution in [2.75, 3.05) is 5.32 Å². The summed E-state index contributed by atoms with van der Waals surface area (Å²) in [6.07, 6.45) is 4.15. The number of aryl methyl sites for hydroxylation is 2. The van der Waals surface area contributed by atoms with E-state index in [4.69, 9.17) is 4.52 Å². The molecule has 2 aromatic heterocycles. The van der Waals surface area contributed by atoms with E-state index < -0.39 is 0 Å². The third-order valence-electron chi connectivity index (χ3n) is 3.42. The molecule has 0 unspecified atom stereocenters. The monoisotopic (exact) mass is 283 g/mol. The second-order valence-electron chi connectivity index (χ2n) is 5.08. The zero-order chi connectivity index (χ0) is 14.7. The van der Waals surface area contributed by atoms with E-state index in [2.05, 4.69) is 27.6 Å². The summed E-state index contributed by atoms with van der Waals surface area (Å²) in [4.78, 5) is 15.1. The third-order valence-corrected chi connectivity index (χ3v) is 3.42. The van der Waals surface area contributed by atoms with E-state index >= 15 is 0 Å². The van der Waals surface area contributed by atoms with Crippen LogP contribution in [0.3, 0.4) is 0 Å². The Morgan fingerprint density at radius 2 is 2.24 bits per heavy atom. The minimum Gasteiger partial charge on any atom is -0.361 e. The molecule has 0 fully saturated rings. The van der Waals surface area contributed by atoms with Crippen molar-refractivity contribution in [3.05, 3.63) is 47.9 Å². The maximum absolute atomic E-state index is 11.8. The van der Waals surface area contributed by atoms with E-state index in [0.717, 1.165) is 18.4 Å². The van der Waals surface area contributed by atoms with E-state index in [1.165, 1.54) is 10.9 Å². The molecule has 0 atom stereocenters. The van der Waals surface area contributed by atoms with Gasteiger partial charge in [0.25, 0.3) is 0 Å². The van der Waals surface area contributed by atoms with Gasteiger partial charge in [-0.25, -0.2) is 0 Å². The molecule has 0 aliphatic heterocycles. The summed E-state index contributed by atoms with van der Waals surface area (Å²) in [6, 6.07) is 9.89. The molecule has 2 N–H and O–H groups in total. The standard InChI is InChI=1S/C16H17N3O2/c1-11-9-15(19-21-11)18-16(20)8-4-5-12-10-17-14-7-3-2-6-13(12)14/h2-3,6-7,9-10,17H,4-5,8H2,1H3,(H,18,19,20). The Kier molecular flexibility index (Phi) is 3.73. The number of nitrogens with zero attached hydrogens (tertiary/aromatic N) is 1. The maximum Gasteiger partial charge on any atom is 0.225 e. The number of aromatic amines is 1. The van der Waals surface area contributed by atoms with Gasteiger partial charge in [-0.2, -0.15) is 0 Å². The molecule has 0 bridgehead atoms. The Hall–Kier alpha value is -2.56. The molecule has 1 aromatic carbocycles. The fourth-order valence-corrected chi connectivity index (χ4v) is 2.41. The van der Waals surface area contributed by atoms with Crippen LogP contribution in [-0.2, 0) is 11.2 Å². The van der Waals surface area contributed by atoms with Crippen molar-refractivity contribution in [3.8, 4) is 0 Å². The van der Waals surface area contributed by atoms with Gasteiger partial charge in [0.1, 0.15) is 5.76 Å². The molecule has 3 rings (SSSR count).